The second-order valence-electron chi connectivity index (χ2n) is 2.33. The Morgan fingerprint density at radius 3 is 3.30 bits per heavy atom. The Balaban J connectivity index is 2.31. The number of nitriles is 1. The first kappa shape index (κ1) is 5.30. The van der Waals surface area contributed by atoms with Gasteiger partial charge in [-0.1, -0.05) is 0 Å². The predicted molar refractivity (Wildman–Crippen MR) is 33.4 cm³/mol. The molecule has 4 heteroatoms. The maximum Gasteiger partial charge on any atom is 0.180 e. The normalized spacial score (nSPS) is 14.9. The highest BCUT2D eigenvalue weighted by atomic mass is 15.2. The fraction of sp³-hybridized carbons (Fsp3) is 0.333. The van der Waals surface area contributed by atoms with Gasteiger partial charge in [0.1, 0.15) is 0 Å². The summed E-state index contributed by atoms with van der Waals surface area (Å²) in [5, 5.41) is 15.2. The van der Waals surface area contributed by atoms with Crippen molar-refractivity contribution in [2.24, 2.45) is 0 Å². The van der Waals surface area contributed by atoms with E-state index < -0.39 is 0 Å². The van der Waals surface area contributed by atoms with E-state index in [2.05, 4.69) is 16.4 Å². The van der Waals surface area contributed by atoms with Crippen LogP contribution >= 0.6 is 0 Å². The third-order valence-electron chi connectivity index (χ3n) is 1.66. The van der Waals surface area contributed by atoms with Crippen LogP contribution in [-0.4, -0.2) is 15.1 Å². The summed E-state index contributed by atoms with van der Waals surface area (Å²) in [5.74, 6) is 0. The molecule has 0 amide bonds. The quantitative estimate of drug-likeness (QED) is 0.516. The van der Waals surface area contributed by atoms with Crippen molar-refractivity contribution in [1.82, 2.24) is 15.1 Å². The van der Waals surface area contributed by atoms with Gasteiger partial charge in [-0.15, -0.1) is 0 Å². The van der Waals surface area contributed by atoms with E-state index in [1.807, 2.05) is 0 Å². The molecular weight excluding hydrogens is 128 g/mol. The zero-order chi connectivity index (χ0) is 6.97. The largest absolute Gasteiger partial charge is 0.300 e. The van der Waals surface area contributed by atoms with Gasteiger partial charge < -0.3 is 4.90 Å². The summed E-state index contributed by atoms with van der Waals surface area (Å²) in [4.78, 5) is 1.68. The van der Waals surface area contributed by atoms with Crippen molar-refractivity contribution in [3.05, 3.63) is 17.5 Å². The number of aromatic amines is 1. The van der Waals surface area contributed by atoms with Gasteiger partial charge in [0.2, 0.25) is 0 Å². The number of aromatic nitrogens is 2. The van der Waals surface area contributed by atoms with Crippen LogP contribution in [0, 0.1) is 11.5 Å². The van der Waals surface area contributed by atoms with Gasteiger partial charge in [0.15, 0.2) is 6.19 Å². The summed E-state index contributed by atoms with van der Waals surface area (Å²) in [5.41, 5.74) is 2.21. The Morgan fingerprint density at radius 1 is 1.70 bits per heavy atom. The number of hydrogen-bond acceptors (Lipinski definition) is 3. The molecule has 0 saturated carbocycles. The lowest BCUT2D eigenvalue weighted by Crippen LogP contribution is -2.07. The molecule has 0 aliphatic carbocycles. The zero-order valence-corrected chi connectivity index (χ0v) is 5.33. The van der Waals surface area contributed by atoms with Crippen LogP contribution in [-0.2, 0) is 13.1 Å². The highest BCUT2D eigenvalue weighted by Crippen LogP contribution is 2.17. The van der Waals surface area contributed by atoms with E-state index in [4.69, 9.17) is 5.26 Å². The Morgan fingerprint density at radius 2 is 2.60 bits per heavy atom. The number of nitrogens with one attached hydrogen (secondary N) is 1. The lowest BCUT2D eigenvalue weighted by Gasteiger charge is -2.01. The third kappa shape index (κ3) is 0.575. The first-order valence-corrected chi connectivity index (χ1v) is 3.06. The van der Waals surface area contributed by atoms with Crippen molar-refractivity contribution in [3.63, 3.8) is 0 Å². The molecule has 4 nitrogen and oxygen atoms in total. The monoisotopic (exact) mass is 134 g/mol. The number of fused-ring (bicyclic) bond motifs is 1. The van der Waals surface area contributed by atoms with E-state index in [-0.39, 0.29) is 0 Å². The summed E-state index contributed by atoms with van der Waals surface area (Å²) in [7, 11) is 0. The first-order valence-electron chi connectivity index (χ1n) is 3.06. The molecule has 0 radical (unpaired) electrons. The number of rotatable bonds is 0. The molecule has 1 aliphatic heterocycles. The maximum atomic E-state index is 8.50. The van der Waals surface area contributed by atoms with E-state index >= 15 is 0 Å². The van der Waals surface area contributed by atoms with Crippen molar-refractivity contribution in [2.75, 3.05) is 0 Å². The minimum atomic E-state index is 0.686. The Labute approximate surface area is 58.1 Å². The molecule has 0 unspecified atom stereocenters. The van der Waals surface area contributed by atoms with Crippen LogP contribution in [0.2, 0.25) is 0 Å². The molecule has 1 aliphatic rings. The molecule has 10 heavy (non-hydrogen) atoms. The van der Waals surface area contributed by atoms with Gasteiger partial charge in [0, 0.05) is 5.56 Å². The lowest BCUT2D eigenvalue weighted by atomic mass is 10.3. The van der Waals surface area contributed by atoms with Crippen molar-refractivity contribution < 1.29 is 0 Å². The van der Waals surface area contributed by atoms with Crippen molar-refractivity contribution in [1.29, 1.82) is 5.26 Å². The molecule has 0 bridgehead atoms. The Kier molecular flexibility index (Phi) is 0.921. The Hall–Kier alpha value is -1.50. The second-order valence-corrected chi connectivity index (χ2v) is 2.33. The zero-order valence-electron chi connectivity index (χ0n) is 5.33. The van der Waals surface area contributed by atoms with E-state index in [1.54, 1.807) is 11.1 Å². The van der Waals surface area contributed by atoms with Crippen LogP contribution in [0.1, 0.15) is 11.3 Å². The standard InChI is InChI=1S/C6H6N4/c7-4-10-2-5-1-8-9-6(5)3-10/h1H,2-3H2,(H,8,9). The van der Waals surface area contributed by atoms with Gasteiger partial charge in [-0.05, 0) is 0 Å². The fourth-order valence-corrected chi connectivity index (χ4v) is 1.13. The third-order valence-corrected chi connectivity index (χ3v) is 1.66. The van der Waals surface area contributed by atoms with Crippen molar-refractivity contribution in [2.45, 2.75) is 13.1 Å². The van der Waals surface area contributed by atoms with Gasteiger partial charge in [0.05, 0.1) is 25.0 Å². The minimum Gasteiger partial charge on any atom is -0.300 e. The molecule has 0 saturated heterocycles. The van der Waals surface area contributed by atoms with Crippen molar-refractivity contribution >= 4 is 0 Å². The molecule has 1 aromatic heterocycles. The number of hydrogen-bond donors (Lipinski definition) is 1. The molecule has 0 spiro atoms. The summed E-state index contributed by atoms with van der Waals surface area (Å²) in [6.07, 6.45) is 3.85. The summed E-state index contributed by atoms with van der Waals surface area (Å²) < 4.78 is 0. The highest BCUT2D eigenvalue weighted by molar-refractivity contribution is 5.21. The van der Waals surface area contributed by atoms with E-state index in [1.165, 1.54) is 0 Å². The van der Waals surface area contributed by atoms with Gasteiger partial charge in [-0.2, -0.15) is 10.4 Å². The Bertz CT molecular complexity index is 262. The summed E-state index contributed by atoms with van der Waals surface area (Å²) >= 11 is 0. The molecule has 0 atom stereocenters. The van der Waals surface area contributed by atoms with Crippen LogP contribution in [0.25, 0.3) is 0 Å². The fourth-order valence-electron chi connectivity index (χ4n) is 1.13. The average Bonchev–Trinajstić information content (AvgIpc) is 2.42. The second kappa shape index (κ2) is 1.74. The van der Waals surface area contributed by atoms with Gasteiger partial charge in [-0.25, -0.2) is 0 Å². The predicted octanol–water partition coefficient (Wildman–Crippen LogP) is 0.206. The lowest BCUT2D eigenvalue weighted by molar-refractivity contribution is 0.411. The van der Waals surface area contributed by atoms with E-state index in [9.17, 15) is 0 Å². The topological polar surface area (TPSA) is 55.7 Å². The summed E-state index contributed by atoms with van der Waals surface area (Å²) in [6, 6.07) is 0. The van der Waals surface area contributed by atoms with Crippen LogP contribution < -0.4 is 0 Å². The molecule has 50 valence electrons. The van der Waals surface area contributed by atoms with Gasteiger partial charge in [-0.3, -0.25) is 5.10 Å². The highest BCUT2D eigenvalue weighted by Gasteiger charge is 2.18. The molecule has 2 rings (SSSR count). The molecule has 0 fully saturated rings. The van der Waals surface area contributed by atoms with E-state index in [0.29, 0.717) is 13.1 Å². The van der Waals surface area contributed by atoms with E-state index in [0.717, 1.165) is 11.3 Å². The molecule has 1 N–H and O–H groups in total. The molecular formula is C6H6N4. The van der Waals surface area contributed by atoms with Gasteiger partial charge >= 0.3 is 0 Å². The maximum absolute atomic E-state index is 8.50. The number of H-pyrrole nitrogens is 1. The van der Waals surface area contributed by atoms with Gasteiger partial charge in [0.25, 0.3) is 0 Å². The number of nitrogens with zero attached hydrogens (tertiary/aromatic N) is 3. The van der Waals surface area contributed by atoms with Crippen LogP contribution in [0.4, 0.5) is 0 Å². The molecule has 2 heterocycles. The van der Waals surface area contributed by atoms with Crippen LogP contribution in [0.3, 0.4) is 0 Å². The molecule has 0 aromatic carbocycles. The SMILES string of the molecule is N#CN1Cc2cn[nH]c2C1. The van der Waals surface area contributed by atoms with Crippen LogP contribution in [0.15, 0.2) is 6.20 Å². The molecule has 1 aromatic rings. The average molecular weight is 134 g/mol. The van der Waals surface area contributed by atoms with Crippen molar-refractivity contribution in [3.8, 4) is 6.19 Å². The van der Waals surface area contributed by atoms with Crippen LogP contribution in [0.5, 0.6) is 0 Å². The summed E-state index contributed by atoms with van der Waals surface area (Å²) in [6.45, 7) is 1.40. The first-order chi connectivity index (χ1) is 4.90. The minimum absolute atomic E-state index is 0.686. The smallest absolute Gasteiger partial charge is 0.180 e.